The van der Waals surface area contributed by atoms with Crippen molar-refractivity contribution in [2.24, 2.45) is 0 Å². The van der Waals surface area contributed by atoms with E-state index in [1.807, 2.05) is 0 Å². The van der Waals surface area contributed by atoms with E-state index in [0.29, 0.717) is 5.76 Å². The highest BCUT2D eigenvalue weighted by atomic mass is 19.1. The zero-order valence-electron chi connectivity index (χ0n) is 14.9. The number of carbonyl (C=O) groups is 3. The number of rotatable bonds is 6. The summed E-state index contributed by atoms with van der Waals surface area (Å²) in [5.41, 5.74) is 0.0953. The molecule has 146 valence electrons. The lowest BCUT2D eigenvalue weighted by Crippen LogP contribution is -2.47. The van der Waals surface area contributed by atoms with Crippen molar-refractivity contribution < 1.29 is 32.7 Å². The highest BCUT2D eigenvalue weighted by molar-refractivity contribution is 5.95. The van der Waals surface area contributed by atoms with Crippen molar-refractivity contribution in [1.29, 1.82) is 0 Å². The average molecular weight is 388 g/mol. The molecule has 8 nitrogen and oxygen atoms in total. The van der Waals surface area contributed by atoms with Crippen molar-refractivity contribution in [3.05, 3.63) is 71.1 Å². The predicted molar refractivity (Wildman–Crippen MR) is 93.5 cm³/mol. The molecule has 1 aliphatic heterocycles. The highest BCUT2D eigenvalue weighted by Crippen LogP contribution is 2.28. The highest BCUT2D eigenvalue weighted by Gasteiger charge is 2.35. The van der Waals surface area contributed by atoms with E-state index >= 15 is 0 Å². The minimum absolute atomic E-state index is 0.00105. The van der Waals surface area contributed by atoms with Crippen LogP contribution in [-0.4, -0.2) is 31.2 Å². The molecule has 0 aliphatic carbocycles. The van der Waals surface area contributed by atoms with Gasteiger partial charge in [0, 0.05) is 0 Å². The Balaban J connectivity index is 1.88. The topological polar surface area (TPSA) is 107 Å². The number of nitrogens with one attached hydrogen (secondary N) is 2. The Labute approximate surface area is 159 Å². The number of hydrogen-bond acceptors (Lipinski definition) is 6. The Morgan fingerprint density at radius 2 is 2.00 bits per heavy atom. The molecule has 0 saturated carbocycles. The van der Waals surface area contributed by atoms with Crippen LogP contribution in [0.1, 0.15) is 29.1 Å². The SMILES string of the molecule is CCOC(=O)C1=C(COC(=O)c2cccc(F)c2)NC(=O)NC1c1ccco1. The summed E-state index contributed by atoms with van der Waals surface area (Å²) < 4.78 is 28.8. The summed E-state index contributed by atoms with van der Waals surface area (Å²) in [6.45, 7) is 1.32. The van der Waals surface area contributed by atoms with Gasteiger partial charge in [0.1, 0.15) is 24.2 Å². The van der Waals surface area contributed by atoms with Gasteiger partial charge in [0.25, 0.3) is 0 Å². The van der Waals surface area contributed by atoms with Crippen molar-refractivity contribution in [3.8, 4) is 0 Å². The van der Waals surface area contributed by atoms with E-state index in [1.165, 1.54) is 24.5 Å². The molecule has 9 heteroatoms. The third-order valence-corrected chi connectivity index (χ3v) is 3.88. The molecule has 1 atom stereocenters. The van der Waals surface area contributed by atoms with E-state index in [0.717, 1.165) is 6.07 Å². The molecule has 0 bridgehead atoms. The van der Waals surface area contributed by atoms with Gasteiger partial charge in [-0.15, -0.1) is 0 Å². The molecule has 1 unspecified atom stereocenters. The van der Waals surface area contributed by atoms with Gasteiger partial charge < -0.3 is 24.5 Å². The van der Waals surface area contributed by atoms with E-state index < -0.39 is 36.4 Å². The zero-order valence-corrected chi connectivity index (χ0v) is 14.9. The maximum Gasteiger partial charge on any atom is 0.338 e. The standard InChI is InChI=1S/C19H17FN2O6/c1-2-26-18(24)15-13(10-28-17(23)11-5-3-6-12(20)9-11)21-19(25)22-16(15)14-7-4-8-27-14/h3-9,16H,2,10H2,1H3,(H2,21,22,25). The number of halogens is 1. The molecule has 1 aromatic carbocycles. The van der Waals surface area contributed by atoms with Gasteiger partial charge in [-0.3, -0.25) is 0 Å². The van der Waals surface area contributed by atoms with E-state index in [9.17, 15) is 18.8 Å². The number of amides is 2. The van der Waals surface area contributed by atoms with Crippen LogP contribution in [0.2, 0.25) is 0 Å². The molecular weight excluding hydrogens is 371 g/mol. The minimum Gasteiger partial charge on any atom is -0.467 e. The molecular formula is C19H17FN2O6. The Kier molecular flexibility index (Phi) is 5.73. The summed E-state index contributed by atoms with van der Waals surface area (Å²) in [5.74, 6) is -1.79. The molecule has 1 aromatic heterocycles. The first-order valence-electron chi connectivity index (χ1n) is 8.43. The van der Waals surface area contributed by atoms with Gasteiger partial charge in [0.05, 0.1) is 29.7 Å². The summed E-state index contributed by atoms with van der Waals surface area (Å²) in [6.07, 6.45) is 1.40. The molecule has 2 aromatic rings. The quantitative estimate of drug-likeness (QED) is 0.736. The Morgan fingerprint density at radius 3 is 2.68 bits per heavy atom. The van der Waals surface area contributed by atoms with Crippen LogP contribution in [-0.2, 0) is 14.3 Å². The van der Waals surface area contributed by atoms with Crippen molar-refractivity contribution in [2.75, 3.05) is 13.2 Å². The largest absolute Gasteiger partial charge is 0.467 e. The maximum absolute atomic E-state index is 13.3. The third-order valence-electron chi connectivity index (χ3n) is 3.88. The minimum atomic E-state index is -0.911. The lowest BCUT2D eigenvalue weighted by molar-refractivity contribution is -0.139. The molecule has 2 heterocycles. The first kappa shape index (κ1) is 19.2. The third kappa shape index (κ3) is 4.20. The van der Waals surface area contributed by atoms with Gasteiger partial charge in [0.15, 0.2) is 0 Å². The van der Waals surface area contributed by atoms with Crippen molar-refractivity contribution >= 4 is 18.0 Å². The summed E-state index contributed by atoms with van der Waals surface area (Å²) >= 11 is 0. The number of carbonyl (C=O) groups excluding carboxylic acids is 3. The van der Waals surface area contributed by atoms with E-state index in [-0.39, 0.29) is 23.4 Å². The second-order valence-corrected chi connectivity index (χ2v) is 5.75. The molecule has 0 spiro atoms. The summed E-state index contributed by atoms with van der Waals surface area (Å²) in [4.78, 5) is 36.7. The average Bonchev–Trinajstić information content (AvgIpc) is 3.20. The molecule has 3 rings (SSSR count). The van der Waals surface area contributed by atoms with Crippen LogP contribution in [0.15, 0.2) is 58.3 Å². The van der Waals surface area contributed by atoms with Crippen LogP contribution in [0.3, 0.4) is 0 Å². The lowest BCUT2D eigenvalue weighted by Gasteiger charge is -2.27. The van der Waals surface area contributed by atoms with Crippen molar-refractivity contribution in [3.63, 3.8) is 0 Å². The lowest BCUT2D eigenvalue weighted by atomic mass is 10.0. The summed E-state index contributed by atoms with van der Waals surface area (Å²) in [7, 11) is 0. The van der Waals surface area contributed by atoms with Crippen LogP contribution in [0.5, 0.6) is 0 Å². The maximum atomic E-state index is 13.3. The van der Waals surface area contributed by atoms with Gasteiger partial charge >= 0.3 is 18.0 Å². The Morgan fingerprint density at radius 1 is 1.18 bits per heavy atom. The fraction of sp³-hybridized carbons (Fsp3) is 0.211. The van der Waals surface area contributed by atoms with Crippen molar-refractivity contribution in [2.45, 2.75) is 13.0 Å². The predicted octanol–water partition coefficient (Wildman–Crippen LogP) is 2.45. The van der Waals surface area contributed by atoms with Crippen LogP contribution in [0.4, 0.5) is 9.18 Å². The van der Waals surface area contributed by atoms with Crippen LogP contribution < -0.4 is 10.6 Å². The summed E-state index contributed by atoms with van der Waals surface area (Å²) in [5, 5.41) is 5.02. The number of ether oxygens (including phenoxy) is 2. The van der Waals surface area contributed by atoms with E-state index in [1.54, 1.807) is 19.1 Å². The van der Waals surface area contributed by atoms with Gasteiger partial charge in [-0.05, 0) is 37.3 Å². The molecule has 1 aliphatic rings. The number of furan rings is 1. The molecule has 28 heavy (non-hydrogen) atoms. The molecule has 0 radical (unpaired) electrons. The zero-order chi connectivity index (χ0) is 20.1. The van der Waals surface area contributed by atoms with E-state index in [4.69, 9.17) is 13.9 Å². The Bertz CT molecular complexity index is 922. The molecule has 2 N–H and O–H groups in total. The van der Waals surface area contributed by atoms with Crippen LogP contribution in [0.25, 0.3) is 0 Å². The fourth-order valence-corrected chi connectivity index (χ4v) is 2.69. The second-order valence-electron chi connectivity index (χ2n) is 5.75. The smallest absolute Gasteiger partial charge is 0.338 e. The van der Waals surface area contributed by atoms with E-state index in [2.05, 4.69) is 10.6 Å². The van der Waals surface area contributed by atoms with Crippen LogP contribution in [0, 0.1) is 5.82 Å². The number of esters is 2. The van der Waals surface area contributed by atoms with Gasteiger partial charge in [-0.1, -0.05) is 6.07 Å². The number of hydrogen-bond donors (Lipinski definition) is 2. The van der Waals surface area contributed by atoms with Gasteiger partial charge in [0.2, 0.25) is 0 Å². The van der Waals surface area contributed by atoms with Gasteiger partial charge in [-0.2, -0.15) is 0 Å². The molecule has 0 fully saturated rings. The monoisotopic (exact) mass is 388 g/mol. The van der Waals surface area contributed by atoms with Gasteiger partial charge in [-0.25, -0.2) is 18.8 Å². The first-order chi connectivity index (χ1) is 13.5. The van der Waals surface area contributed by atoms with Crippen LogP contribution >= 0.6 is 0 Å². The molecule has 0 saturated heterocycles. The molecule has 2 amide bonds. The van der Waals surface area contributed by atoms with Crippen molar-refractivity contribution in [1.82, 2.24) is 10.6 Å². The number of urea groups is 1. The first-order valence-corrected chi connectivity index (χ1v) is 8.43. The normalized spacial score (nSPS) is 16.2. The fourth-order valence-electron chi connectivity index (χ4n) is 2.69. The Hall–Kier alpha value is -3.62. The summed E-state index contributed by atoms with van der Waals surface area (Å²) in [6, 6.07) is 6.65. The second kappa shape index (κ2) is 8.38. The number of benzene rings is 1.